The average molecular weight is 549 g/mol. The number of nitrogens with one attached hydrogen (secondary N) is 2. The van der Waals surface area contributed by atoms with E-state index in [0.29, 0.717) is 22.6 Å². The molecule has 1 amide bonds. The lowest BCUT2D eigenvalue weighted by Gasteiger charge is -2.25. The molecule has 4 aromatic carbocycles. The van der Waals surface area contributed by atoms with E-state index in [9.17, 15) is 19.8 Å². The van der Waals surface area contributed by atoms with Crippen molar-refractivity contribution in [3.05, 3.63) is 120 Å². The Bertz CT molecular complexity index is 1700. The molecule has 0 bridgehead atoms. The topological polar surface area (TPSA) is 121 Å². The van der Waals surface area contributed by atoms with Gasteiger partial charge in [-0.2, -0.15) is 0 Å². The lowest BCUT2D eigenvalue weighted by molar-refractivity contribution is -0.142. The molecule has 5 aromatic rings. The molecule has 8 heteroatoms. The number of H-pyrrole nitrogens is 1. The molecule has 0 spiro atoms. The van der Waals surface area contributed by atoms with Gasteiger partial charge in [0.2, 0.25) is 12.7 Å². The standard InChI is InChI=1S/C33H28N2O6/c36-31(22-12-10-21(11-13-22)20-6-2-1-3-7-20)30(23-14-15-28-29(17-23)41-19-40-28)32(37)35-27(33(38)39)16-24-18-34-26-9-5-4-8-25(24)26/h1-15,17-18,27,30-31,34,36H,16,19H2,(H,35,37)(H,38,39)/t27-,30?,31?/m0/s1. The second-order valence-corrected chi connectivity index (χ2v) is 9.99. The lowest BCUT2D eigenvalue weighted by Crippen LogP contribution is -2.45. The van der Waals surface area contributed by atoms with Gasteiger partial charge >= 0.3 is 5.97 Å². The SMILES string of the molecule is O=C(N[C@@H](Cc1c[nH]c2ccccc12)C(=O)O)C(c1ccc2c(c1)OCO2)C(O)c1ccc(-c2ccccc2)cc1. The fourth-order valence-corrected chi connectivity index (χ4v) is 5.26. The summed E-state index contributed by atoms with van der Waals surface area (Å²) in [6, 6.07) is 28.6. The third-order valence-electron chi connectivity index (χ3n) is 7.43. The van der Waals surface area contributed by atoms with Crippen LogP contribution in [0.2, 0.25) is 0 Å². The number of aliphatic hydroxyl groups is 1. The van der Waals surface area contributed by atoms with Gasteiger partial charge in [-0.3, -0.25) is 4.79 Å². The third kappa shape index (κ3) is 5.37. The quantitative estimate of drug-likeness (QED) is 0.201. The molecule has 1 aliphatic rings. The molecule has 8 nitrogen and oxygen atoms in total. The van der Waals surface area contributed by atoms with Crippen LogP contribution in [0.5, 0.6) is 11.5 Å². The van der Waals surface area contributed by atoms with Crippen molar-refractivity contribution in [3.8, 4) is 22.6 Å². The minimum Gasteiger partial charge on any atom is -0.480 e. The number of hydrogen-bond acceptors (Lipinski definition) is 5. The van der Waals surface area contributed by atoms with E-state index in [4.69, 9.17) is 9.47 Å². The fourth-order valence-electron chi connectivity index (χ4n) is 5.26. The number of benzene rings is 4. The van der Waals surface area contributed by atoms with Crippen molar-refractivity contribution < 1.29 is 29.3 Å². The van der Waals surface area contributed by atoms with E-state index in [1.807, 2.05) is 66.7 Å². The van der Waals surface area contributed by atoms with Crippen LogP contribution in [0.3, 0.4) is 0 Å². The number of ether oxygens (including phenoxy) is 2. The number of para-hydroxylation sites is 1. The number of aromatic amines is 1. The number of amides is 1. The molecule has 0 radical (unpaired) electrons. The first-order chi connectivity index (χ1) is 20.0. The molecule has 0 saturated carbocycles. The van der Waals surface area contributed by atoms with Crippen LogP contribution in [0, 0.1) is 0 Å². The van der Waals surface area contributed by atoms with Gasteiger partial charge in [-0.1, -0.05) is 78.9 Å². The minimum absolute atomic E-state index is 0.0604. The van der Waals surface area contributed by atoms with Crippen LogP contribution in [0.15, 0.2) is 103 Å². The summed E-state index contributed by atoms with van der Waals surface area (Å²) in [5, 5.41) is 25.2. The Kier molecular flexibility index (Phi) is 7.14. The van der Waals surface area contributed by atoms with Crippen LogP contribution in [0.4, 0.5) is 0 Å². The summed E-state index contributed by atoms with van der Waals surface area (Å²) in [5.74, 6) is -1.90. The number of aromatic nitrogens is 1. The molecular weight excluding hydrogens is 520 g/mol. The van der Waals surface area contributed by atoms with Crippen LogP contribution in [0.1, 0.15) is 28.7 Å². The Balaban J connectivity index is 1.30. The first-order valence-corrected chi connectivity index (χ1v) is 13.3. The number of rotatable bonds is 9. The van der Waals surface area contributed by atoms with Crippen molar-refractivity contribution in [1.29, 1.82) is 0 Å². The van der Waals surface area contributed by atoms with Crippen molar-refractivity contribution in [2.45, 2.75) is 24.5 Å². The molecule has 206 valence electrons. The number of aliphatic hydroxyl groups excluding tert-OH is 1. The molecule has 2 heterocycles. The normalized spacial score (nSPS) is 14.4. The van der Waals surface area contributed by atoms with Gasteiger partial charge in [-0.05, 0) is 46.0 Å². The molecule has 41 heavy (non-hydrogen) atoms. The largest absolute Gasteiger partial charge is 0.480 e. The van der Waals surface area contributed by atoms with Crippen LogP contribution in [-0.4, -0.2) is 39.9 Å². The Labute approximate surface area is 236 Å². The van der Waals surface area contributed by atoms with Gasteiger partial charge in [0.05, 0.1) is 12.0 Å². The molecule has 6 rings (SSSR count). The minimum atomic E-state index is -1.26. The molecule has 3 atom stereocenters. The van der Waals surface area contributed by atoms with E-state index in [2.05, 4.69) is 10.3 Å². The Morgan fingerprint density at radius 3 is 2.29 bits per heavy atom. The number of fused-ring (bicyclic) bond motifs is 2. The van der Waals surface area contributed by atoms with E-state index < -0.39 is 29.9 Å². The number of carbonyl (C=O) groups excluding carboxylic acids is 1. The highest BCUT2D eigenvalue weighted by molar-refractivity contribution is 5.90. The molecule has 0 saturated heterocycles. The number of carboxylic acids is 1. The molecule has 1 aromatic heterocycles. The summed E-state index contributed by atoms with van der Waals surface area (Å²) in [6.07, 6.45) is 0.564. The van der Waals surface area contributed by atoms with Crippen molar-refractivity contribution >= 4 is 22.8 Å². The number of carbonyl (C=O) groups is 2. The van der Waals surface area contributed by atoms with Crippen molar-refractivity contribution in [1.82, 2.24) is 10.3 Å². The number of hydrogen-bond donors (Lipinski definition) is 4. The summed E-state index contributed by atoms with van der Waals surface area (Å²) in [5.41, 5.74) is 4.64. The Morgan fingerprint density at radius 2 is 1.51 bits per heavy atom. The van der Waals surface area contributed by atoms with Gasteiger partial charge in [-0.15, -0.1) is 0 Å². The van der Waals surface area contributed by atoms with E-state index >= 15 is 0 Å². The van der Waals surface area contributed by atoms with Crippen LogP contribution in [-0.2, 0) is 16.0 Å². The molecule has 1 aliphatic heterocycles. The van der Waals surface area contributed by atoms with E-state index in [0.717, 1.165) is 27.6 Å². The second-order valence-electron chi connectivity index (χ2n) is 9.99. The third-order valence-corrected chi connectivity index (χ3v) is 7.43. The van der Waals surface area contributed by atoms with Crippen LogP contribution >= 0.6 is 0 Å². The average Bonchev–Trinajstić information content (AvgIpc) is 3.64. The summed E-state index contributed by atoms with van der Waals surface area (Å²) in [6.45, 7) is 0.0604. The summed E-state index contributed by atoms with van der Waals surface area (Å²) >= 11 is 0. The maximum absolute atomic E-state index is 13.8. The lowest BCUT2D eigenvalue weighted by atomic mass is 9.87. The summed E-state index contributed by atoms with van der Waals surface area (Å²) in [4.78, 5) is 29.3. The van der Waals surface area contributed by atoms with Gasteiger partial charge in [0, 0.05) is 23.5 Å². The molecule has 4 N–H and O–H groups in total. The summed E-state index contributed by atoms with van der Waals surface area (Å²) < 4.78 is 10.9. The smallest absolute Gasteiger partial charge is 0.326 e. The van der Waals surface area contributed by atoms with Crippen LogP contribution < -0.4 is 14.8 Å². The number of carboxylic acid groups (broad SMARTS) is 1. The van der Waals surface area contributed by atoms with Gasteiger partial charge in [0.15, 0.2) is 11.5 Å². The zero-order valence-corrected chi connectivity index (χ0v) is 22.0. The van der Waals surface area contributed by atoms with E-state index in [1.54, 1.807) is 36.5 Å². The Hall–Kier alpha value is -5.08. The van der Waals surface area contributed by atoms with Gasteiger partial charge in [0.1, 0.15) is 6.04 Å². The maximum Gasteiger partial charge on any atom is 0.326 e. The highest BCUT2D eigenvalue weighted by Crippen LogP contribution is 2.39. The van der Waals surface area contributed by atoms with Crippen molar-refractivity contribution in [3.63, 3.8) is 0 Å². The van der Waals surface area contributed by atoms with Crippen LogP contribution in [0.25, 0.3) is 22.0 Å². The zero-order chi connectivity index (χ0) is 28.3. The predicted molar refractivity (Wildman–Crippen MR) is 154 cm³/mol. The zero-order valence-electron chi connectivity index (χ0n) is 22.0. The van der Waals surface area contributed by atoms with Crippen molar-refractivity contribution in [2.24, 2.45) is 0 Å². The molecular formula is C33H28N2O6. The maximum atomic E-state index is 13.8. The predicted octanol–water partition coefficient (Wildman–Crippen LogP) is 5.19. The summed E-state index contributed by atoms with van der Waals surface area (Å²) in [7, 11) is 0. The molecule has 0 aliphatic carbocycles. The van der Waals surface area contributed by atoms with E-state index in [1.165, 1.54) is 0 Å². The molecule has 0 fully saturated rings. The second kappa shape index (κ2) is 11.2. The highest BCUT2D eigenvalue weighted by atomic mass is 16.7. The van der Waals surface area contributed by atoms with E-state index in [-0.39, 0.29) is 13.2 Å². The molecule has 2 unspecified atom stereocenters. The van der Waals surface area contributed by atoms with Crippen molar-refractivity contribution in [2.75, 3.05) is 6.79 Å². The highest BCUT2D eigenvalue weighted by Gasteiger charge is 2.34. The Morgan fingerprint density at radius 1 is 0.829 bits per heavy atom. The first kappa shape index (κ1) is 26.2. The number of aliphatic carboxylic acids is 1. The van der Waals surface area contributed by atoms with Gasteiger partial charge < -0.3 is 30.0 Å². The monoisotopic (exact) mass is 548 g/mol. The van der Waals surface area contributed by atoms with Gasteiger partial charge in [0.25, 0.3) is 0 Å². The fraction of sp³-hybridized carbons (Fsp3) is 0.152. The van der Waals surface area contributed by atoms with Gasteiger partial charge in [-0.25, -0.2) is 4.79 Å². The first-order valence-electron chi connectivity index (χ1n) is 13.3.